The maximum absolute atomic E-state index is 12.9. The van der Waals surface area contributed by atoms with Gasteiger partial charge in [0.25, 0.3) is 0 Å². The molecule has 2 aromatic rings. The summed E-state index contributed by atoms with van der Waals surface area (Å²) in [5.41, 5.74) is 1.37. The molecular formula is C21H22N2O4S. The van der Waals surface area contributed by atoms with E-state index in [9.17, 15) is 13.2 Å². The van der Waals surface area contributed by atoms with Gasteiger partial charge in [-0.25, -0.2) is 13.2 Å². The average molecular weight is 398 g/mol. The van der Waals surface area contributed by atoms with E-state index in [4.69, 9.17) is 10.00 Å². The van der Waals surface area contributed by atoms with E-state index in [0.717, 1.165) is 25.7 Å². The fourth-order valence-corrected chi connectivity index (χ4v) is 4.74. The Morgan fingerprint density at radius 3 is 2.46 bits per heavy atom. The van der Waals surface area contributed by atoms with Crippen LogP contribution in [0, 0.1) is 11.3 Å². The predicted molar refractivity (Wildman–Crippen MR) is 104 cm³/mol. The van der Waals surface area contributed by atoms with E-state index in [1.165, 1.54) is 22.5 Å². The quantitative estimate of drug-likeness (QED) is 0.720. The van der Waals surface area contributed by atoms with Gasteiger partial charge in [0, 0.05) is 13.1 Å². The molecule has 1 fully saturated rings. The molecule has 7 heteroatoms. The zero-order chi connectivity index (χ0) is 20.0. The van der Waals surface area contributed by atoms with Crippen LogP contribution in [0.1, 0.15) is 47.2 Å². The van der Waals surface area contributed by atoms with Crippen molar-refractivity contribution in [3.8, 4) is 6.07 Å². The molecule has 1 aliphatic rings. The van der Waals surface area contributed by atoms with E-state index in [1.807, 2.05) is 6.07 Å². The third-order valence-corrected chi connectivity index (χ3v) is 6.59. The second-order valence-corrected chi connectivity index (χ2v) is 8.67. The third kappa shape index (κ3) is 4.77. The highest BCUT2D eigenvalue weighted by Crippen LogP contribution is 2.21. The lowest BCUT2D eigenvalue weighted by molar-refractivity contribution is 0.0472. The van der Waals surface area contributed by atoms with Crippen molar-refractivity contribution in [3.05, 3.63) is 65.2 Å². The fraction of sp³-hybridized carbons (Fsp3) is 0.333. The summed E-state index contributed by atoms with van der Waals surface area (Å²) < 4.78 is 32.6. The van der Waals surface area contributed by atoms with Gasteiger partial charge in [0.15, 0.2) is 0 Å². The Kier molecular flexibility index (Phi) is 6.45. The summed E-state index contributed by atoms with van der Waals surface area (Å²) in [5, 5.41) is 8.93. The molecule has 3 rings (SSSR count). The minimum Gasteiger partial charge on any atom is -0.457 e. The zero-order valence-corrected chi connectivity index (χ0v) is 16.3. The van der Waals surface area contributed by atoms with Crippen molar-refractivity contribution in [3.63, 3.8) is 0 Å². The number of sulfonamides is 1. The smallest absolute Gasteiger partial charge is 0.338 e. The van der Waals surface area contributed by atoms with Crippen LogP contribution in [-0.4, -0.2) is 31.8 Å². The van der Waals surface area contributed by atoms with Gasteiger partial charge in [0.2, 0.25) is 10.0 Å². The Bertz CT molecular complexity index is 987. The number of benzene rings is 2. The normalized spacial score (nSPS) is 15.4. The Balaban J connectivity index is 1.73. The molecule has 146 valence electrons. The Labute approximate surface area is 165 Å². The SMILES string of the molecule is N#Cc1cccc(COC(=O)c2cccc(S(=O)(=O)N3CCCCCC3)c2)c1. The first-order valence-corrected chi connectivity index (χ1v) is 10.7. The Morgan fingerprint density at radius 1 is 1.04 bits per heavy atom. The second kappa shape index (κ2) is 9.00. The molecule has 0 radical (unpaired) electrons. The number of rotatable bonds is 5. The summed E-state index contributed by atoms with van der Waals surface area (Å²) in [6.07, 6.45) is 3.77. The standard InChI is InChI=1S/C21H22N2O4S/c22-15-17-7-5-8-18(13-17)16-27-21(24)19-9-6-10-20(14-19)28(25,26)23-11-3-1-2-4-12-23/h5-10,13-14H,1-4,11-12,16H2. The number of carbonyl (C=O) groups is 1. The minimum absolute atomic E-state index is 0.0114. The first-order valence-electron chi connectivity index (χ1n) is 9.27. The number of nitriles is 1. The number of esters is 1. The van der Waals surface area contributed by atoms with Crippen LogP contribution >= 0.6 is 0 Å². The van der Waals surface area contributed by atoms with Gasteiger partial charge < -0.3 is 4.74 Å². The van der Waals surface area contributed by atoms with E-state index in [0.29, 0.717) is 24.2 Å². The minimum atomic E-state index is -3.63. The number of carbonyl (C=O) groups excluding carboxylic acids is 1. The maximum atomic E-state index is 12.9. The molecule has 0 aromatic heterocycles. The van der Waals surface area contributed by atoms with Crippen LogP contribution in [0.5, 0.6) is 0 Å². The van der Waals surface area contributed by atoms with Gasteiger partial charge in [-0.05, 0) is 48.7 Å². The fourth-order valence-electron chi connectivity index (χ4n) is 3.18. The summed E-state index contributed by atoms with van der Waals surface area (Å²) >= 11 is 0. The predicted octanol–water partition coefficient (Wildman–Crippen LogP) is 3.48. The van der Waals surface area contributed by atoms with Crippen LogP contribution < -0.4 is 0 Å². The second-order valence-electron chi connectivity index (χ2n) is 6.73. The topological polar surface area (TPSA) is 87.5 Å². The highest BCUT2D eigenvalue weighted by atomic mass is 32.2. The van der Waals surface area contributed by atoms with Gasteiger partial charge >= 0.3 is 5.97 Å². The maximum Gasteiger partial charge on any atom is 0.338 e. The molecular weight excluding hydrogens is 376 g/mol. The van der Waals surface area contributed by atoms with Crippen LogP contribution in [0.15, 0.2) is 53.4 Å². The molecule has 0 bridgehead atoms. The van der Waals surface area contributed by atoms with Crippen molar-refractivity contribution in [1.82, 2.24) is 4.31 Å². The van der Waals surface area contributed by atoms with E-state index in [-0.39, 0.29) is 17.1 Å². The molecule has 0 saturated carbocycles. The van der Waals surface area contributed by atoms with Crippen molar-refractivity contribution < 1.29 is 17.9 Å². The van der Waals surface area contributed by atoms with E-state index in [2.05, 4.69) is 0 Å². The lowest BCUT2D eigenvalue weighted by Crippen LogP contribution is -2.32. The number of hydrogen-bond acceptors (Lipinski definition) is 5. The summed E-state index contributed by atoms with van der Waals surface area (Å²) in [4.78, 5) is 12.5. The monoisotopic (exact) mass is 398 g/mol. The van der Waals surface area contributed by atoms with Crippen LogP contribution in [0.2, 0.25) is 0 Å². The summed E-state index contributed by atoms with van der Waals surface area (Å²) in [6.45, 7) is 1.02. The van der Waals surface area contributed by atoms with Gasteiger partial charge in [0.05, 0.1) is 22.1 Å². The van der Waals surface area contributed by atoms with Crippen molar-refractivity contribution in [2.45, 2.75) is 37.2 Å². The molecule has 2 aromatic carbocycles. The number of nitrogens with zero attached hydrogens (tertiary/aromatic N) is 2. The van der Waals surface area contributed by atoms with E-state index < -0.39 is 16.0 Å². The van der Waals surface area contributed by atoms with Gasteiger partial charge in [-0.1, -0.05) is 31.0 Å². The highest BCUT2D eigenvalue weighted by Gasteiger charge is 2.26. The van der Waals surface area contributed by atoms with Gasteiger partial charge in [-0.3, -0.25) is 0 Å². The molecule has 0 aliphatic carbocycles. The molecule has 0 amide bonds. The van der Waals surface area contributed by atoms with E-state index >= 15 is 0 Å². The molecule has 0 unspecified atom stereocenters. The molecule has 1 aliphatic heterocycles. The van der Waals surface area contributed by atoms with Crippen molar-refractivity contribution in [2.24, 2.45) is 0 Å². The average Bonchev–Trinajstić information content (AvgIpc) is 3.02. The van der Waals surface area contributed by atoms with Gasteiger partial charge in [-0.2, -0.15) is 9.57 Å². The molecule has 1 saturated heterocycles. The van der Waals surface area contributed by atoms with Crippen molar-refractivity contribution in [1.29, 1.82) is 5.26 Å². The third-order valence-electron chi connectivity index (χ3n) is 4.70. The van der Waals surface area contributed by atoms with Crippen LogP contribution in [-0.2, 0) is 21.4 Å². The number of hydrogen-bond donors (Lipinski definition) is 0. The van der Waals surface area contributed by atoms with Crippen molar-refractivity contribution >= 4 is 16.0 Å². The molecule has 0 N–H and O–H groups in total. The largest absolute Gasteiger partial charge is 0.457 e. The lowest BCUT2D eigenvalue weighted by atomic mass is 10.1. The summed E-state index contributed by atoms with van der Waals surface area (Å²) in [5.74, 6) is -0.602. The summed E-state index contributed by atoms with van der Waals surface area (Å²) in [6, 6.07) is 14.8. The van der Waals surface area contributed by atoms with Gasteiger partial charge in [-0.15, -0.1) is 0 Å². The molecule has 0 atom stereocenters. The summed E-state index contributed by atoms with van der Waals surface area (Å²) in [7, 11) is -3.63. The Hall–Kier alpha value is -2.69. The lowest BCUT2D eigenvalue weighted by Gasteiger charge is -2.20. The molecule has 1 heterocycles. The first kappa shape index (κ1) is 20.1. The van der Waals surface area contributed by atoms with Crippen LogP contribution in [0.3, 0.4) is 0 Å². The van der Waals surface area contributed by atoms with Crippen LogP contribution in [0.4, 0.5) is 0 Å². The molecule has 28 heavy (non-hydrogen) atoms. The number of ether oxygens (including phenoxy) is 1. The van der Waals surface area contributed by atoms with Crippen LogP contribution in [0.25, 0.3) is 0 Å². The molecule has 6 nitrogen and oxygen atoms in total. The Morgan fingerprint density at radius 2 is 1.75 bits per heavy atom. The zero-order valence-electron chi connectivity index (χ0n) is 15.5. The van der Waals surface area contributed by atoms with Gasteiger partial charge in [0.1, 0.15) is 6.61 Å². The highest BCUT2D eigenvalue weighted by molar-refractivity contribution is 7.89. The van der Waals surface area contributed by atoms with Crippen molar-refractivity contribution in [2.75, 3.05) is 13.1 Å². The molecule has 0 spiro atoms. The first-order chi connectivity index (χ1) is 13.5. The van der Waals surface area contributed by atoms with E-state index in [1.54, 1.807) is 30.3 Å².